The molecule has 0 aliphatic carbocycles. The van der Waals surface area contributed by atoms with Crippen LogP contribution in [0.4, 0.5) is 5.82 Å². The number of hydrogen-bond acceptors (Lipinski definition) is 6. The summed E-state index contributed by atoms with van der Waals surface area (Å²) in [4.78, 5) is 29.1. The molecule has 5 rings (SSSR count). The van der Waals surface area contributed by atoms with Gasteiger partial charge in [0.1, 0.15) is 11.6 Å². The number of ketones is 1. The fourth-order valence-corrected chi connectivity index (χ4v) is 4.25. The fraction of sp³-hybridized carbons (Fsp3) is 0.292. The number of hydrogen-bond donors (Lipinski definition) is 0. The number of benzene rings is 1. The molecule has 31 heavy (non-hydrogen) atoms. The normalized spacial score (nSPS) is 16.5. The molecule has 0 radical (unpaired) electrons. The molecule has 4 heterocycles. The number of pyridine rings is 1. The maximum absolute atomic E-state index is 13.0. The van der Waals surface area contributed by atoms with E-state index in [2.05, 4.69) is 15.0 Å². The van der Waals surface area contributed by atoms with E-state index in [1.807, 2.05) is 55.7 Å². The van der Waals surface area contributed by atoms with Crippen LogP contribution in [0.2, 0.25) is 0 Å². The van der Waals surface area contributed by atoms with E-state index in [-0.39, 0.29) is 5.92 Å². The molecule has 1 aromatic carbocycles. The zero-order valence-electron chi connectivity index (χ0n) is 17.5. The summed E-state index contributed by atoms with van der Waals surface area (Å²) in [6, 6.07) is 13.8. The molecule has 0 N–H and O–H groups in total. The van der Waals surface area contributed by atoms with E-state index in [4.69, 9.17) is 9.97 Å². The number of Topliss-reactive ketones (excluding diaryl/α,β-unsaturated/α-hetero) is 1. The number of anilines is 1. The minimum atomic E-state index is -0.00233. The van der Waals surface area contributed by atoms with Gasteiger partial charge in [0.2, 0.25) is 0 Å². The Hall–Kier alpha value is -3.61. The SMILES string of the molecule is Cn1ncc2c(N3CCC[C@H](C(=O)Cc4ccccc4)C3)nc(-c3cccnc3)nc21. The third-order valence-corrected chi connectivity index (χ3v) is 5.89. The Morgan fingerprint density at radius 1 is 1.10 bits per heavy atom. The number of aromatic nitrogens is 5. The van der Waals surface area contributed by atoms with Gasteiger partial charge in [-0.15, -0.1) is 0 Å². The highest BCUT2D eigenvalue weighted by molar-refractivity contribution is 5.89. The van der Waals surface area contributed by atoms with Crippen molar-refractivity contribution in [3.8, 4) is 11.4 Å². The topological polar surface area (TPSA) is 76.8 Å². The summed E-state index contributed by atoms with van der Waals surface area (Å²) in [5.74, 6) is 1.75. The van der Waals surface area contributed by atoms with Crippen molar-refractivity contribution < 1.29 is 4.79 Å². The lowest BCUT2D eigenvalue weighted by Gasteiger charge is -2.33. The summed E-state index contributed by atoms with van der Waals surface area (Å²) in [6.45, 7) is 1.53. The molecule has 7 nitrogen and oxygen atoms in total. The van der Waals surface area contributed by atoms with Gasteiger partial charge in [-0.05, 0) is 30.5 Å². The van der Waals surface area contributed by atoms with Crippen molar-refractivity contribution >= 4 is 22.6 Å². The average Bonchev–Trinajstić information content (AvgIpc) is 3.20. The van der Waals surface area contributed by atoms with E-state index < -0.39 is 0 Å². The number of fused-ring (bicyclic) bond motifs is 1. The predicted octanol–water partition coefficient (Wildman–Crippen LogP) is 3.45. The fourth-order valence-electron chi connectivity index (χ4n) is 4.25. The lowest BCUT2D eigenvalue weighted by atomic mass is 9.90. The molecule has 1 aliphatic heterocycles. The monoisotopic (exact) mass is 412 g/mol. The van der Waals surface area contributed by atoms with Crippen LogP contribution in [0, 0.1) is 5.92 Å². The first-order valence-corrected chi connectivity index (χ1v) is 10.6. The average molecular weight is 412 g/mol. The van der Waals surface area contributed by atoms with Crippen LogP contribution in [0.3, 0.4) is 0 Å². The van der Waals surface area contributed by atoms with Gasteiger partial charge in [-0.25, -0.2) is 9.97 Å². The number of piperidine rings is 1. The lowest BCUT2D eigenvalue weighted by Crippen LogP contribution is -2.39. The summed E-state index contributed by atoms with van der Waals surface area (Å²) >= 11 is 0. The van der Waals surface area contributed by atoms with Crippen LogP contribution in [-0.4, -0.2) is 43.6 Å². The van der Waals surface area contributed by atoms with Crippen LogP contribution in [-0.2, 0) is 18.3 Å². The number of carbonyl (C=O) groups excluding carboxylic acids is 1. The summed E-state index contributed by atoms with van der Waals surface area (Å²) < 4.78 is 1.77. The van der Waals surface area contributed by atoms with Gasteiger partial charge < -0.3 is 4.90 Å². The third-order valence-electron chi connectivity index (χ3n) is 5.89. The second-order valence-electron chi connectivity index (χ2n) is 8.03. The van der Waals surface area contributed by atoms with Gasteiger partial charge in [0.15, 0.2) is 11.5 Å². The van der Waals surface area contributed by atoms with Crippen molar-refractivity contribution in [2.45, 2.75) is 19.3 Å². The predicted molar refractivity (Wildman–Crippen MR) is 120 cm³/mol. The molecule has 0 unspecified atom stereocenters. The van der Waals surface area contributed by atoms with Crippen LogP contribution in [0.1, 0.15) is 18.4 Å². The van der Waals surface area contributed by atoms with Gasteiger partial charge in [-0.2, -0.15) is 5.10 Å². The Morgan fingerprint density at radius 2 is 1.97 bits per heavy atom. The molecule has 156 valence electrons. The molecule has 0 spiro atoms. The summed E-state index contributed by atoms with van der Waals surface area (Å²) in [6.07, 6.45) is 7.67. The van der Waals surface area contributed by atoms with E-state index in [1.165, 1.54) is 0 Å². The molecule has 1 aliphatic rings. The molecule has 7 heteroatoms. The second kappa shape index (κ2) is 8.26. The van der Waals surface area contributed by atoms with Gasteiger partial charge in [0.25, 0.3) is 0 Å². The Labute approximate surface area is 180 Å². The van der Waals surface area contributed by atoms with Crippen molar-refractivity contribution in [2.75, 3.05) is 18.0 Å². The van der Waals surface area contributed by atoms with Crippen LogP contribution in [0.15, 0.2) is 61.1 Å². The molecule has 1 saturated heterocycles. The van der Waals surface area contributed by atoms with Gasteiger partial charge in [0.05, 0.1) is 11.6 Å². The summed E-state index contributed by atoms with van der Waals surface area (Å²) in [5, 5.41) is 5.31. The molecule has 0 saturated carbocycles. The van der Waals surface area contributed by atoms with Gasteiger partial charge >= 0.3 is 0 Å². The smallest absolute Gasteiger partial charge is 0.165 e. The van der Waals surface area contributed by atoms with Crippen LogP contribution in [0.5, 0.6) is 0 Å². The largest absolute Gasteiger partial charge is 0.355 e. The van der Waals surface area contributed by atoms with Crippen LogP contribution < -0.4 is 4.90 Å². The molecule has 0 bridgehead atoms. The Kier molecular flexibility index (Phi) is 5.16. The molecule has 4 aromatic rings. The van der Waals surface area contributed by atoms with Gasteiger partial charge in [-0.3, -0.25) is 14.5 Å². The number of nitrogens with zero attached hydrogens (tertiary/aromatic N) is 6. The van der Waals surface area contributed by atoms with Crippen molar-refractivity contribution in [3.63, 3.8) is 0 Å². The van der Waals surface area contributed by atoms with E-state index >= 15 is 0 Å². The number of rotatable bonds is 5. The Balaban J connectivity index is 1.46. The Bertz CT molecular complexity index is 1200. The first-order valence-electron chi connectivity index (χ1n) is 10.6. The first kappa shape index (κ1) is 19.4. The van der Waals surface area contributed by atoms with E-state index in [0.717, 1.165) is 47.4 Å². The second-order valence-corrected chi connectivity index (χ2v) is 8.03. The van der Waals surface area contributed by atoms with Gasteiger partial charge in [-0.1, -0.05) is 30.3 Å². The summed E-state index contributed by atoms with van der Waals surface area (Å²) in [7, 11) is 1.88. The Morgan fingerprint density at radius 3 is 2.77 bits per heavy atom. The quantitative estimate of drug-likeness (QED) is 0.500. The molecule has 1 atom stereocenters. The lowest BCUT2D eigenvalue weighted by molar-refractivity contribution is -0.122. The number of aryl methyl sites for hydroxylation is 1. The molecule has 0 amide bonds. The van der Waals surface area contributed by atoms with Crippen LogP contribution in [0.25, 0.3) is 22.4 Å². The highest BCUT2D eigenvalue weighted by Crippen LogP contribution is 2.30. The highest BCUT2D eigenvalue weighted by atomic mass is 16.1. The van der Waals surface area contributed by atoms with E-state index in [9.17, 15) is 4.79 Å². The van der Waals surface area contributed by atoms with Crippen molar-refractivity contribution in [3.05, 3.63) is 66.6 Å². The van der Waals surface area contributed by atoms with Gasteiger partial charge in [0, 0.05) is 50.4 Å². The van der Waals surface area contributed by atoms with Crippen molar-refractivity contribution in [1.29, 1.82) is 0 Å². The first-order chi connectivity index (χ1) is 15.2. The minimum Gasteiger partial charge on any atom is -0.355 e. The third kappa shape index (κ3) is 3.91. The molecule has 1 fully saturated rings. The maximum Gasteiger partial charge on any atom is 0.165 e. The zero-order chi connectivity index (χ0) is 21.2. The maximum atomic E-state index is 13.0. The molecular formula is C24H24N6O. The van der Waals surface area contributed by atoms with E-state index in [0.29, 0.717) is 24.6 Å². The van der Waals surface area contributed by atoms with E-state index in [1.54, 1.807) is 17.1 Å². The standard InChI is InChI=1S/C24H24N6O/c1-29-23-20(15-26-29)24(28-22(27-23)18-9-5-11-25-14-18)30-12-6-10-19(16-30)21(31)13-17-7-3-2-4-8-17/h2-5,7-9,11,14-15,19H,6,10,12-13,16H2,1H3/t19-/m0/s1. The van der Waals surface area contributed by atoms with Crippen molar-refractivity contribution in [2.24, 2.45) is 13.0 Å². The van der Waals surface area contributed by atoms with Crippen molar-refractivity contribution in [1.82, 2.24) is 24.7 Å². The zero-order valence-corrected chi connectivity index (χ0v) is 17.5. The molecule has 3 aromatic heterocycles. The molecular weight excluding hydrogens is 388 g/mol. The van der Waals surface area contributed by atoms with Crippen LogP contribution >= 0.6 is 0 Å². The highest BCUT2D eigenvalue weighted by Gasteiger charge is 2.28. The summed E-state index contributed by atoms with van der Waals surface area (Å²) in [5.41, 5.74) is 2.71. The minimum absolute atomic E-state index is 0.00233. The number of carbonyl (C=O) groups is 1.